The van der Waals surface area contributed by atoms with E-state index >= 15 is 0 Å². The molecular formula is C47H32F2N4. The Bertz CT molecular complexity index is 2750. The minimum atomic E-state index is -0.648. The van der Waals surface area contributed by atoms with Gasteiger partial charge in [-0.25, -0.2) is 23.7 Å². The third kappa shape index (κ3) is 5.94. The topological polar surface area (TPSA) is 43.6 Å². The number of rotatable bonds is 6. The highest BCUT2D eigenvalue weighted by Crippen LogP contribution is 2.40. The van der Waals surface area contributed by atoms with Crippen LogP contribution in [0.1, 0.15) is 11.1 Å². The summed E-state index contributed by atoms with van der Waals surface area (Å²) >= 11 is 0. The molecule has 4 nitrogen and oxygen atoms in total. The molecule has 9 rings (SSSR count). The maximum absolute atomic E-state index is 14.6. The molecule has 0 bridgehead atoms. The van der Waals surface area contributed by atoms with Crippen LogP contribution >= 0.6 is 0 Å². The fraction of sp³-hybridized carbons (Fsp3) is 0.0426. The van der Waals surface area contributed by atoms with E-state index in [1.807, 2.05) is 84.9 Å². The van der Waals surface area contributed by atoms with Gasteiger partial charge in [-0.15, -0.1) is 0 Å². The van der Waals surface area contributed by atoms with Gasteiger partial charge in [-0.3, -0.25) is 0 Å². The van der Waals surface area contributed by atoms with Crippen LogP contribution in [0.5, 0.6) is 0 Å². The van der Waals surface area contributed by atoms with Gasteiger partial charge in [0.2, 0.25) is 0 Å². The van der Waals surface area contributed by atoms with Gasteiger partial charge in [0.05, 0.1) is 16.7 Å². The minimum Gasteiger partial charge on any atom is -0.308 e. The maximum Gasteiger partial charge on any atom is 0.166 e. The van der Waals surface area contributed by atoms with Crippen molar-refractivity contribution >= 4 is 21.8 Å². The number of aromatic nitrogens is 4. The second kappa shape index (κ2) is 13.1. The van der Waals surface area contributed by atoms with Crippen LogP contribution in [0, 0.1) is 25.5 Å². The molecule has 53 heavy (non-hydrogen) atoms. The summed E-state index contributed by atoms with van der Waals surface area (Å²) in [4.78, 5) is 15.1. The SMILES string of the molecule is Cc1ccc(-c2ccc3c4ccccc4n(-c4ccc(-c5cc(F)cc(F)c5)cc4-c4nc(-c5ccccc5)nc(-c5ccccc5)n4)c3c2)c(C)c1. The van der Waals surface area contributed by atoms with Crippen molar-refractivity contribution < 1.29 is 8.78 Å². The lowest BCUT2D eigenvalue weighted by molar-refractivity contribution is 0.584. The Labute approximate surface area is 305 Å². The number of benzene rings is 7. The molecule has 254 valence electrons. The van der Waals surface area contributed by atoms with Crippen LogP contribution in [0.4, 0.5) is 8.78 Å². The predicted octanol–water partition coefficient (Wildman–Crippen LogP) is 12.2. The summed E-state index contributed by atoms with van der Waals surface area (Å²) in [5.41, 5.74) is 10.9. The van der Waals surface area contributed by atoms with Crippen molar-refractivity contribution in [2.45, 2.75) is 13.8 Å². The second-order valence-corrected chi connectivity index (χ2v) is 13.3. The molecule has 2 heterocycles. The van der Waals surface area contributed by atoms with E-state index in [0.29, 0.717) is 34.2 Å². The van der Waals surface area contributed by atoms with Gasteiger partial charge in [0.15, 0.2) is 17.5 Å². The quantitative estimate of drug-likeness (QED) is 0.174. The van der Waals surface area contributed by atoms with Crippen LogP contribution < -0.4 is 0 Å². The molecule has 0 atom stereocenters. The fourth-order valence-corrected chi connectivity index (χ4v) is 7.27. The van der Waals surface area contributed by atoms with E-state index < -0.39 is 11.6 Å². The Hall–Kier alpha value is -6.79. The third-order valence-corrected chi connectivity index (χ3v) is 9.74. The van der Waals surface area contributed by atoms with Gasteiger partial charge in [-0.1, -0.05) is 121 Å². The molecule has 7 aromatic carbocycles. The smallest absolute Gasteiger partial charge is 0.166 e. The van der Waals surface area contributed by atoms with Gasteiger partial charge in [0, 0.05) is 33.5 Å². The van der Waals surface area contributed by atoms with E-state index in [4.69, 9.17) is 15.0 Å². The van der Waals surface area contributed by atoms with Crippen molar-refractivity contribution in [3.63, 3.8) is 0 Å². The molecule has 0 aliphatic heterocycles. The summed E-state index contributed by atoms with van der Waals surface area (Å²) in [5.74, 6) is 0.168. The Kier molecular flexibility index (Phi) is 7.93. The van der Waals surface area contributed by atoms with E-state index in [9.17, 15) is 8.78 Å². The molecule has 0 fully saturated rings. The molecule has 0 unspecified atom stereocenters. The van der Waals surface area contributed by atoms with Gasteiger partial charge in [0.25, 0.3) is 0 Å². The highest BCUT2D eigenvalue weighted by molar-refractivity contribution is 6.10. The van der Waals surface area contributed by atoms with E-state index in [0.717, 1.165) is 55.8 Å². The van der Waals surface area contributed by atoms with E-state index in [1.54, 1.807) is 0 Å². The summed E-state index contributed by atoms with van der Waals surface area (Å²) in [6.45, 7) is 4.25. The monoisotopic (exact) mass is 690 g/mol. The molecule has 0 saturated heterocycles. The molecule has 0 saturated carbocycles. The first kappa shape index (κ1) is 32.1. The highest BCUT2D eigenvalue weighted by atomic mass is 19.1. The molecular weight excluding hydrogens is 659 g/mol. The summed E-state index contributed by atoms with van der Waals surface area (Å²) in [6.07, 6.45) is 0. The van der Waals surface area contributed by atoms with Crippen molar-refractivity contribution in [1.82, 2.24) is 19.5 Å². The average molecular weight is 691 g/mol. The van der Waals surface area contributed by atoms with Crippen molar-refractivity contribution in [3.8, 4) is 62.1 Å². The molecule has 0 amide bonds. The molecule has 2 aromatic heterocycles. The second-order valence-electron chi connectivity index (χ2n) is 13.3. The van der Waals surface area contributed by atoms with Crippen LogP contribution in [-0.2, 0) is 0 Å². The average Bonchev–Trinajstić information content (AvgIpc) is 3.51. The first-order valence-electron chi connectivity index (χ1n) is 17.5. The van der Waals surface area contributed by atoms with Crippen molar-refractivity contribution in [2.24, 2.45) is 0 Å². The largest absolute Gasteiger partial charge is 0.308 e. The van der Waals surface area contributed by atoms with Gasteiger partial charge >= 0.3 is 0 Å². The van der Waals surface area contributed by atoms with Crippen molar-refractivity contribution in [3.05, 3.63) is 180 Å². The van der Waals surface area contributed by atoms with Crippen LogP contribution in [0.3, 0.4) is 0 Å². The third-order valence-electron chi connectivity index (χ3n) is 9.74. The van der Waals surface area contributed by atoms with E-state index in [2.05, 4.69) is 73.0 Å². The number of para-hydroxylation sites is 1. The van der Waals surface area contributed by atoms with E-state index in [-0.39, 0.29) is 0 Å². The Balaban J connectivity index is 1.36. The fourth-order valence-electron chi connectivity index (χ4n) is 7.27. The van der Waals surface area contributed by atoms with Gasteiger partial charge in [0.1, 0.15) is 11.6 Å². The Morgan fingerprint density at radius 1 is 0.415 bits per heavy atom. The number of hydrogen-bond donors (Lipinski definition) is 0. The van der Waals surface area contributed by atoms with Crippen LogP contribution in [0.25, 0.3) is 83.9 Å². The van der Waals surface area contributed by atoms with Gasteiger partial charge < -0.3 is 4.57 Å². The van der Waals surface area contributed by atoms with Crippen molar-refractivity contribution in [2.75, 3.05) is 0 Å². The summed E-state index contributed by atoms with van der Waals surface area (Å²) in [7, 11) is 0. The summed E-state index contributed by atoms with van der Waals surface area (Å²) < 4.78 is 31.5. The van der Waals surface area contributed by atoms with Gasteiger partial charge in [-0.2, -0.15) is 0 Å². The van der Waals surface area contributed by atoms with Crippen LogP contribution in [-0.4, -0.2) is 19.5 Å². The molecule has 0 spiro atoms. The Morgan fingerprint density at radius 2 is 1.02 bits per heavy atom. The lowest BCUT2D eigenvalue weighted by Gasteiger charge is -2.17. The normalized spacial score (nSPS) is 11.4. The number of aryl methyl sites for hydroxylation is 2. The van der Waals surface area contributed by atoms with Crippen LogP contribution in [0.2, 0.25) is 0 Å². The molecule has 0 aliphatic carbocycles. The minimum absolute atomic E-state index is 0.412. The lowest BCUT2D eigenvalue weighted by Crippen LogP contribution is -2.04. The standard InChI is InChI=1S/C47H32F2N4/c1-29-17-20-38(30(2)23-29)34-18-21-40-39-15-9-10-16-42(39)53(44(40)27-34)43-22-19-33(35-24-36(48)28-37(49)25-35)26-41(43)47-51-45(31-11-5-3-6-12-31)50-46(52-47)32-13-7-4-8-14-32/h3-28H,1-2H3. The zero-order valence-electron chi connectivity index (χ0n) is 29.1. The number of nitrogens with zero attached hydrogens (tertiary/aromatic N) is 4. The van der Waals surface area contributed by atoms with Crippen LogP contribution in [0.15, 0.2) is 158 Å². The zero-order chi connectivity index (χ0) is 36.1. The molecule has 0 N–H and O–H groups in total. The number of hydrogen-bond acceptors (Lipinski definition) is 3. The van der Waals surface area contributed by atoms with Gasteiger partial charge in [-0.05, 0) is 78.1 Å². The summed E-state index contributed by atoms with van der Waals surface area (Å²) in [6, 6.07) is 50.5. The highest BCUT2D eigenvalue weighted by Gasteiger charge is 2.21. The number of halogens is 2. The van der Waals surface area contributed by atoms with E-state index in [1.165, 1.54) is 23.3 Å². The molecule has 6 heteroatoms. The lowest BCUT2D eigenvalue weighted by atomic mass is 9.97. The summed E-state index contributed by atoms with van der Waals surface area (Å²) in [5, 5.41) is 2.20. The molecule has 0 radical (unpaired) electrons. The number of fused-ring (bicyclic) bond motifs is 3. The van der Waals surface area contributed by atoms with Crippen molar-refractivity contribution in [1.29, 1.82) is 0 Å². The molecule has 0 aliphatic rings. The predicted molar refractivity (Wildman–Crippen MR) is 211 cm³/mol. The molecule has 9 aromatic rings. The zero-order valence-corrected chi connectivity index (χ0v) is 29.1. The first-order valence-corrected chi connectivity index (χ1v) is 17.5. The maximum atomic E-state index is 14.6. The first-order chi connectivity index (χ1) is 25.9. The Morgan fingerprint density at radius 3 is 1.70 bits per heavy atom.